The molecule has 0 saturated carbocycles. The van der Waals surface area contributed by atoms with E-state index in [-0.39, 0.29) is 29.7 Å². The number of thioether (sulfide) groups is 1. The van der Waals surface area contributed by atoms with Gasteiger partial charge >= 0.3 is 0 Å². The fourth-order valence-electron chi connectivity index (χ4n) is 2.20. The molecule has 3 rings (SSSR count). The number of ketones is 1. The minimum absolute atomic E-state index is 0.141. The summed E-state index contributed by atoms with van der Waals surface area (Å²) in [5.74, 6) is 0.431. The van der Waals surface area contributed by atoms with Crippen LogP contribution in [-0.4, -0.2) is 32.2 Å². The third-order valence-electron chi connectivity index (χ3n) is 3.64. The van der Waals surface area contributed by atoms with Crippen LogP contribution in [0.2, 0.25) is 10.0 Å². The number of benzene rings is 1. The third-order valence-corrected chi connectivity index (χ3v) is 5.21. The summed E-state index contributed by atoms with van der Waals surface area (Å²) in [6.45, 7) is 0.181. The molecule has 0 fully saturated rings. The Labute approximate surface area is 169 Å². The van der Waals surface area contributed by atoms with Crippen molar-refractivity contribution in [1.29, 1.82) is 0 Å². The average molecular weight is 425 g/mol. The molecule has 0 radical (unpaired) electrons. The van der Waals surface area contributed by atoms with E-state index in [1.54, 1.807) is 35.9 Å². The number of halogens is 2. The SMILES string of the molecule is Cn1c(CNC(=O)c2ccco2)nnc1SCC(=O)c1ccc(Cl)cc1Cl. The molecule has 0 atom stereocenters. The first-order chi connectivity index (χ1) is 13.0. The number of nitrogens with one attached hydrogen (secondary N) is 1. The molecule has 0 aliphatic carbocycles. The van der Waals surface area contributed by atoms with Crippen LogP contribution >= 0.6 is 35.0 Å². The lowest BCUT2D eigenvalue weighted by Crippen LogP contribution is -2.24. The Morgan fingerprint density at radius 3 is 2.78 bits per heavy atom. The zero-order valence-corrected chi connectivity index (χ0v) is 16.4. The normalized spacial score (nSPS) is 10.8. The average Bonchev–Trinajstić information content (AvgIpc) is 3.28. The molecule has 140 valence electrons. The van der Waals surface area contributed by atoms with Crippen molar-refractivity contribution in [3.63, 3.8) is 0 Å². The molecule has 2 aromatic heterocycles. The first kappa shape index (κ1) is 19.5. The van der Waals surface area contributed by atoms with Crippen molar-refractivity contribution in [2.45, 2.75) is 11.7 Å². The van der Waals surface area contributed by atoms with Gasteiger partial charge in [0.25, 0.3) is 5.91 Å². The second-order valence-electron chi connectivity index (χ2n) is 5.45. The number of amides is 1. The number of carbonyl (C=O) groups is 2. The highest BCUT2D eigenvalue weighted by molar-refractivity contribution is 7.99. The van der Waals surface area contributed by atoms with Crippen LogP contribution in [0.1, 0.15) is 26.7 Å². The van der Waals surface area contributed by atoms with Gasteiger partial charge < -0.3 is 14.3 Å². The van der Waals surface area contributed by atoms with Gasteiger partial charge in [-0.15, -0.1) is 10.2 Å². The lowest BCUT2D eigenvalue weighted by atomic mass is 10.1. The zero-order chi connectivity index (χ0) is 19.4. The van der Waals surface area contributed by atoms with Crippen LogP contribution in [0.4, 0.5) is 0 Å². The van der Waals surface area contributed by atoms with Gasteiger partial charge in [-0.05, 0) is 30.3 Å². The number of nitrogens with zero attached hydrogens (tertiary/aromatic N) is 3. The molecule has 2 heterocycles. The van der Waals surface area contributed by atoms with Gasteiger partial charge in [0, 0.05) is 17.6 Å². The maximum atomic E-state index is 12.3. The van der Waals surface area contributed by atoms with E-state index >= 15 is 0 Å². The summed E-state index contributed by atoms with van der Waals surface area (Å²) in [4.78, 5) is 24.2. The molecule has 3 aromatic rings. The molecule has 0 spiro atoms. The van der Waals surface area contributed by atoms with Crippen molar-refractivity contribution in [2.24, 2.45) is 7.05 Å². The number of hydrogen-bond donors (Lipinski definition) is 1. The van der Waals surface area contributed by atoms with E-state index in [1.807, 2.05) is 0 Å². The van der Waals surface area contributed by atoms with Crippen LogP contribution < -0.4 is 5.32 Å². The molecule has 0 unspecified atom stereocenters. The van der Waals surface area contributed by atoms with Gasteiger partial charge in [-0.25, -0.2) is 0 Å². The maximum Gasteiger partial charge on any atom is 0.287 e. The molecule has 10 heteroatoms. The largest absolute Gasteiger partial charge is 0.459 e. The second-order valence-corrected chi connectivity index (χ2v) is 7.24. The molecule has 7 nitrogen and oxygen atoms in total. The van der Waals surface area contributed by atoms with Crippen LogP contribution in [0.15, 0.2) is 46.2 Å². The molecular formula is C17H14Cl2N4O3S. The molecule has 1 aromatic carbocycles. The van der Waals surface area contributed by atoms with E-state index in [2.05, 4.69) is 15.5 Å². The van der Waals surface area contributed by atoms with E-state index in [4.69, 9.17) is 27.6 Å². The fraction of sp³-hybridized carbons (Fsp3) is 0.176. The molecule has 0 aliphatic rings. The minimum atomic E-state index is -0.343. The highest BCUT2D eigenvalue weighted by atomic mass is 35.5. The molecule has 1 amide bonds. The van der Waals surface area contributed by atoms with E-state index in [1.165, 1.54) is 24.1 Å². The quantitative estimate of drug-likeness (QED) is 0.460. The first-order valence-corrected chi connectivity index (χ1v) is 9.51. The summed E-state index contributed by atoms with van der Waals surface area (Å²) < 4.78 is 6.74. The minimum Gasteiger partial charge on any atom is -0.459 e. The standard InChI is InChI=1S/C17H14Cl2N4O3S/c1-23-15(8-20-16(25)14-3-2-6-26-14)21-22-17(23)27-9-13(24)11-5-4-10(18)7-12(11)19/h2-7H,8-9H2,1H3,(H,20,25). The number of carbonyl (C=O) groups excluding carboxylic acids is 2. The van der Waals surface area contributed by atoms with Crippen LogP contribution in [0.3, 0.4) is 0 Å². The van der Waals surface area contributed by atoms with E-state index in [9.17, 15) is 9.59 Å². The van der Waals surface area contributed by atoms with E-state index < -0.39 is 0 Å². The smallest absolute Gasteiger partial charge is 0.287 e. The summed E-state index contributed by atoms with van der Waals surface area (Å²) >= 11 is 13.1. The number of rotatable bonds is 7. The van der Waals surface area contributed by atoms with Gasteiger partial charge in [0.2, 0.25) is 0 Å². The molecule has 0 saturated heterocycles. The lowest BCUT2D eigenvalue weighted by Gasteiger charge is -2.06. The van der Waals surface area contributed by atoms with Crippen LogP contribution in [0, 0.1) is 0 Å². The number of hydrogen-bond acceptors (Lipinski definition) is 6. The maximum absolute atomic E-state index is 12.3. The Balaban J connectivity index is 1.58. The fourth-order valence-corrected chi connectivity index (χ4v) is 3.53. The Bertz CT molecular complexity index is 973. The predicted molar refractivity (Wildman–Crippen MR) is 102 cm³/mol. The monoisotopic (exact) mass is 424 g/mol. The summed E-state index contributed by atoms with van der Waals surface area (Å²) in [6.07, 6.45) is 1.43. The highest BCUT2D eigenvalue weighted by Crippen LogP contribution is 2.24. The van der Waals surface area contributed by atoms with Crippen LogP contribution in [-0.2, 0) is 13.6 Å². The van der Waals surface area contributed by atoms with Crippen molar-refractivity contribution < 1.29 is 14.0 Å². The van der Waals surface area contributed by atoms with Gasteiger partial charge in [-0.1, -0.05) is 35.0 Å². The molecule has 1 N–H and O–H groups in total. The topological polar surface area (TPSA) is 90.0 Å². The molecule has 0 aliphatic heterocycles. The van der Waals surface area contributed by atoms with Crippen LogP contribution in [0.5, 0.6) is 0 Å². The Morgan fingerprint density at radius 1 is 1.26 bits per heavy atom. The number of aromatic nitrogens is 3. The van der Waals surface area contributed by atoms with Gasteiger partial charge in [0.15, 0.2) is 22.5 Å². The number of Topliss-reactive ketones (excluding diaryl/α,β-unsaturated/α-hetero) is 1. The van der Waals surface area contributed by atoms with E-state index in [0.29, 0.717) is 26.6 Å². The third kappa shape index (κ3) is 4.71. The van der Waals surface area contributed by atoms with Gasteiger partial charge in [-0.2, -0.15) is 0 Å². The summed E-state index contributed by atoms with van der Waals surface area (Å²) in [7, 11) is 1.76. The second kappa shape index (κ2) is 8.60. The number of furan rings is 1. The van der Waals surface area contributed by atoms with Gasteiger partial charge in [0.05, 0.1) is 23.6 Å². The highest BCUT2D eigenvalue weighted by Gasteiger charge is 2.16. The molecular weight excluding hydrogens is 411 g/mol. The summed E-state index contributed by atoms with van der Waals surface area (Å²) in [5, 5.41) is 12.1. The molecule has 0 bridgehead atoms. The molecule has 27 heavy (non-hydrogen) atoms. The van der Waals surface area contributed by atoms with Gasteiger partial charge in [0.1, 0.15) is 0 Å². The predicted octanol–water partition coefficient (Wildman–Crippen LogP) is 3.62. The van der Waals surface area contributed by atoms with Crippen molar-refractivity contribution in [3.05, 3.63) is 63.8 Å². The van der Waals surface area contributed by atoms with Crippen molar-refractivity contribution in [2.75, 3.05) is 5.75 Å². The Kier molecular flexibility index (Phi) is 6.20. The lowest BCUT2D eigenvalue weighted by molar-refractivity contribution is 0.0921. The zero-order valence-electron chi connectivity index (χ0n) is 14.1. The van der Waals surface area contributed by atoms with Gasteiger partial charge in [-0.3, -0.25) is 9.59 Å². The first-order valence-electron chi connectivity index (χ1n) is 7.76. The van der Waals surface area contributed by atoms with Crippen LogP contribution in [0.25, 0.3) is 0 Å². The Morgan fingerprint density at radius 2 is 2.07 bits per heavy atom. The van der Waals surface area contributed by atoms with Crippen molar-refractivity contribution in [1.82, 2.24) is 20.1 Å². The van der Waals surface area contributed by atoms with E-state index in [0.717, 1.165) is 0 Å². The summed E-state index contributed by atoms with van der Waals surface area (Å²) in [5.41, 5.74) is 0.404. The van der Waals surface area contributed by atoms with Crippen molar-refractivity contribution in [3.8, 4) is 0 Å². The summed E-state index contributed by atoms with van der Waals surface area (Å²) in [6, 6.07) is 7.95. The Hall–Kier alpha value is -2.29. The van der Waals surface area contributed by atoms with Crippen molar-refractivity contribution >= 4 is 46.7 Å².